The van der Waals surface area contributed by atoms with E-state index in [4.69, 9.17) is 34.8 Å². The van der Waals surface area contributed by atoms with Crippen LogP contribution in [-0.4, -0.2) is 47.9 Å². The molecule has 1 aliphatic carbocycles. The van der Waals surface area contributed by atoms with Gasteiger partial charge in [-0.25, -0.2) is 21.6 Å². The number of ketones is 2. The summed E-state index contributed by atoms with van der Waals surface area (Å²) in [6, 6.07) is 6.97. The van der Waals surface area contributed by atoms with E-state index in [-0.39, 0.29) is 21.8 Å². The third kappa shape index (κ3) is 9.07. The number of rotatable bonds is 11. The van der Waals surface area contributed by atoms with Crippen molar-refractivity contribution in [2.75, 3.05) is 16.8 Å². The molecule has 0 heterocycles. The van der Waals surface area contributed by atoms with Crippen molar-refractivity contribution < 1.29 is 62.3 Å². The molecule has 4 rings (SSSR count). The van der Waals surface area contributed by atoms with Crippen molar-refractivity contribution in [3.05, 3.63) is 98.8 Å². The largest absolute Gasteiger partial charge is 0.419 e. The number of hydrogen-bond donors (Lipinski definition) is 1. The average Bonchev–Trinajstić information content (AvgIpc) is 3.53. The van der Waals surface area contributed by atoms with Gasteiger partial charge in [-0.1, -0.05) is 23.7 Å². The van der Waals surface area contributed by atoms with Gasteiger partial charge in [0, 0.05) is 35.6 Å². The van der Waals surface area contributed by atoms with Crippen LogP contribution in [0, 0.1) is 23.4 Å². The van der Waals surface area contributed by atoms with Crippen molar-refractivity contribution >= 4 is 67.8 Å². The molecule has 1 amide bonds. The maximum atomic E-state index is 15.2. The summed E-state index contributed by atoms with van der Waals surface area (Å²) in [6.45, 7) is 0. The Morgan fingerprint density at radius 3 is 2.10 bits per heavy atom. The summed E-state index contributed by atoms with van der Waals surface area (Å²) < 4.78 is 142. The molecule has 0 unspecified atom stereocenters. The summed E-state index contributed by atoms with van der Waals surface area (Å²) in [6.07, 6.45) is -12.2. The van der Waals surface area contributed by atoms with Gasteiger partial charge in [-0.2, -0.15) is 26.3 Å². The lowest BCUT2D eigenvalue weighted by molar-refractivity contribution is -0.140. The zero-order chi connectivity index (χ0) is 36.9. The summed E-state index contributed by atoms with van der Waals surface area (Å²) in [5.74, 6) is -14.0. The van der Waals surface area contributed by atoms with Gasteiger partial charge < -0.3 is 5.32 Å². The molecule has 0 aromatic heterocycles. The minimum absolute atomic E-state index is 0.0893. The van der Waals surface area contributed by atoms with Crippen LogP contribution in [0.1, 0.15) is 38.5 Å². The molecule has 1 fully saturated rings. The van der Waals surface area contributed by atoms with Crippen molar-refractivity contribution in [1.82, 2.24) is 0 Å². The predicted octanol–water partition coefficient (Wildman–Crippen LogP) is 7.82. The molecule has 1 N–H and O–H groups in total. The number of carbonyl (C=O) groups is 3. The molecule has 49 heavy (non-hydrogen) atoms. The van der Waals surface area contributed by atoms with E-state index in [9.17, 15) is 57.9 Å². The van der Waals surface area contributed by atoms with Crippen molar-refractivity contribution in [3.63, 3.8) is 0 Å². The lowest BCUT2D eigenvalue weighted by Gasteiger charge is -2.12. The molecule has 0 spiro atoms. The van der Waals surface area contributed by atoms with Gasteiger partial charge in [0.2, 0.25) is 5.91 Å². The molecule has 0 radical (unpaired) electrons. The molecule has 1 saturated carbocycles. The molecule has 0 saturated heterocycles. The highest BCUT2D eigenvalue weighted by molar-refractivity contribution is 7.92. The van der Waals surface area contributed by atoms with Crippen molar-refractivity contribution in [2.24, 2.45) is 5.92 Å². The number of nitrogens with one attached hydrogen (secondary N) is 1. The topological polar surface area (TPSA) is 97.4 Å². The maximum Gasteiger partial charge on any atom is 0.419 e. The van der Waals surface area contributed by atoms with Crippen LogP contribution in [-0.2, 0) is 38.4 Å². The van der Waals surface area contributed by atoms with Crippen LogP contribution in [0.2, 0.25) is 5.02 Å². The van der Waals surface area contributed by atoms with Gasteiger partial charge in [0.05, 0.1) is 16.5 Å². The molecule has 3 aromatic rings. The third-order valence-electron chi connectivity index (χ3n) is 7.28. The van der Waals surface area contributed by atoms with E-state index in [1.165, 1.54) is 6.07 Å². The molecule has 3 aromatic carbocycles. The smallest absolute Gasteiger partial charge is 0.326 e. The molecule has 6 nitrogen and oxygen atoms in total. The number of Topliss-reactive ketones (excluding diaryl/α,β-unsaturated/α-hetero) is 2. The van der Waals surface area contributed by atoms with Crippen LogP contribution in [0.5, 0.6) is 0 Å². The number of sulfone groups is 1. The Morgan fingerprint density at radius 2 is 1.49 bits per heavy atom. The molecular weight excluding hydrogens is 764 g/mol. The molecule has 0 bridgehead atoms. The van der Waals surface area contributed by atoms with Gasteiger partial charge >= 0.3 is 12.4 Å². The molecule has 0 aliphatic heterocycles. The van der Waals surface area contributed by atoms with E-state index in [2.05, 4.69) is 5.32 Å². The normalized spacial score (nSPS) is 17.5. The Labute approximate surface area is 286 Å². The van der Waals surface area contributed by atoms with Crippen LogP contribution in [0.25, 0.3) is 0 Å². The minimum Gasteiger partial charge on any atom is -0.326 e. The van der Waals surface area contributed by atoms with Gasteiger partial charge in [0.25, 0.3) is 0 Å². The second-order valence-corrected chi connectivity index (χ2v) is 14.9. The van der Waals surface area contributed by atoms with Crippen LogP contribution in [0.3, 0.4) is 0 Å². The van der Waals surface area contributed by atoms with Gasteiger partial charge in [-0.3, -0.25) is 14.4 Å². The second-order valence-electron chi connectivity index (χ2n) is 11.0. The first kappa shape index (κ1) is 38.5. The zero-order valence-corrected chi connectivity index (χ0v) is 27.2. The molecule has 1 aliphatic rings. The van der Waals surface area contributed by atoms with Gasteiger partial charge in [0.15, 0.2) is 21.4 Å². The number of alkyl halides is 8. The molecular formula is C30H19Cl3F9NO5S. The van der Waals surface area contributed by atoms with Crippen LogP contribution in [0.4, 0.5) is 45.2 Å². The van der Waals surface area contributed by atoms with Crippen LogP contribution < -0.4 is 5.32 Å². The third-order valence-corrected chi connectivity index (χ3v) is 10.1. The Bertz CT molecular complexity index is 1950. The number of anilines is 1. The molecule has 2 atom stereocenters. The van der Waals surface area contributed by atoms with Gasteiger partial charge in [-0.15, -0.1) is 23.2 Å². The fourth-order valence-corrected chi connectivity index (χ4v) is 7.31. The highest BCUT2D eigenvalue weighted by Gasteiger charge is 2.67. The summed E-state index contributed by atoms with van der Waals surface area (Å²) in [5.41, 5.74) is -3.64. The Morgan fingerprint density at radius 1 is 0.857 bits per heavy atom. The second kappa shape index (κ2) is 13.8. The zero-order valence-electron chi connectivity index (χ0n) is 24.1. The summed E-state index contributed by atoms with van der Waals surface area (Å²) in [7, 11) is -4.99. The number of carbonyl (C=O) groups excluding carboxylic acids is 3. The highest BCUT2D eigenvalue weighted by atomic mass is 35.5. The van der Waals surface area contributed by atoms with E-state index >= 15 is 4.39 Å². The first-order chi connectivity index (χ1) is 22.4. The van der Waals surface area contributed by atoms with Crippen LogP contribution in [0.15, 0.2) is 48.5 Å². The maximum absolute atomic E-state index is 15.2. The summed E-state index contributed by atoms with van der Waals surface area (Å²) in [5, 5.41) is 2.19. The Balaban J connectivity index is 1.49. The number of halogens is 12. The summed E-state index contributed by atoms with van der Waals surface area (Å²) in [4.78, 5) is 38.3. The number of benzene rings is 3. The fourth-order valence-electron chi connectivity index (χ4n) is 5.06. The standard InChI is InChI=1S/C30H19Cl3F9NO5S/c31-20-4-3-15(43-27(46)25-24(29(25,32)33)13-1-6-22(35)19(7-13)30(40,41)42)9-17(20)23(45)8-14-2-5-21(34)18(26(14)36)10-16(44)11-49(47,48)12-28(37,38)39/h1-7,9,24-25H,8,10-12H2,(H,43,46)/t24-,25+/m0/s1. The van der Waals surface area contributed by atoms with Crippen molar-refractivity contribution in [1.29, 1.82) is 0 Å². The minimum atomic E-state index is -5.15. The van der Waals surface area contributed by atoms with Gasteiger partial charge in [-0.05, 0) is 47.5 Å². The Kier molecular flexibility index (Phi) is 10.8. The SMILES string of the molecule is O=C(Cc1c(F)ccc(CC(=O)c2cc(NC(=O)[C@H]3[C@H](c4ccc(F)c(C(F)(F)F)c4)C3(Cl)Cl)ccc2Cl)c1F)CS(=O)(=O)CC(F)(F)F. The van der Waals surface area contributed by atoms with Gasteiger partial charge in [0.1, 0.15) is 33.3 Å². The van der Waals surface area contributed by atoms with E-state index < -0.39 is 114 Å². The van der Waals surface area contributed by atoms with E-state index in [1.54, 1.807) is 0 Å². The van der Waals surface area contributed by atoms with Crippen LogP contribution >= 0.6 is 34.8 Å². The predicted molar refractivity (Wildman–Crippen MR) is 160 cm³/mol. The fraction of sp³-hybridized carbons (Fsp3) is 0.300. The number of hydrogen-bond acceptors (Lipinski definition) is 5. The van der Waals surface area contributed by atoms with E-state index in [0.29, 0.717) is 18.2 Å². The van der Waals surface area contributed by atoms with E-state index in [0.717, 1.165) is 24.3 Å². The monoisotopic (exact) mass is 781 g/mol. The first-order valence-corrected chi connectivity index (χ1v) is 16.5. The summed E-state index contributed by atoms with van der Waals surface area (Å²) >= 11 is 18.5. The van der Waals surface area contributed by atoms with E-state index in [1.807, 2.05) is 0 Å². The quantitative estimate of drug-likeness (QED) is 0.122. The van der Waals surface area contributed by atoms with Crippen molar-refractivity contribution in [2.45, 2.75) is 35.4 Å². The first-order valence-electron chi connectivity index (χ1n) is 13.5. The highest BCUT2D eigenvalue weighted by Crippen LogP contribution is 2.65. The average molecular weight is 783 g/mol. The Hall–Kier alpha value is -3.34. The van der Waals surface area contributed by atoms with Crippen molar-refractivity contribution in [3.8, 4) is 0 Å². The molecule has 264 valence electrons. The lowest BCUT2D eigenvalue weighted by Crippen LogP contribution is -2.29. The lowest BCUT2D eigenvalue weighted by atomic mass is 9.98. The molecule has 19 heteroatoms. The number of amides is 1.